The first-order valence-electron chi connectivity index (χ1n) is 21.3. The van der Waals surface area contributed by atoms with Gasteiger partial charge in [-0.15, -0.1) is 0 Å². The summed E-state index contributed by atoms with van der Waals surface area (Å²) in [6.07, 6.45) is 26.3. The summed E-state index contributed by atoms with van der Waals surface area (Å²) in [7, 11) is 0. The van der Waals surface area contributed by atoms with Gasteiger partial charge in [-0.3, -0.25) is 4.79 Å². The van der Waals surface area contributed by atoms with Crippen molar-refractivity contribution in [3.05, 3.63) is 35.4 Å². The fourth-order valence-corrected chi connectivity index (χ4v) is 6.42. The van der Waals surface area contributed by atoms with Gasteiger partial charge in [0.15, 0.2) is 11.5 Å². The highest BCUT2D eigenvalue weighted by atomic mass is 16.6. The summed E-state index contributed by atoms with van der Waals surface area (Å²) in [4.78, 5) is 14.3. The fourth-order valence-electron chi connectivity index (χ4n) is 6.42. The zero-order valence-corrected chi connectivity index (χ0v) is 33.5. The second kappa shape index (κ2) is 29.4. The molecule has 0 atom stereocenters. The van der Waals surface area contributed by atoms with E-state index >= 15 is 0 Å². The Kier molecular flexibility index (Phi) is 25.5. The van der Waals surface area contributed by atoms with E-state index in [1.165, 1.54) is 83.1 Å². The van der Waals surface area contributed by atoms with E-state index in [4.69, 9.17) is 18.9 Å². The van der Waals surface area contributed by atoms with Gasteiger partial charge in [0.25, 0.3) is 0 Å². The number of carbonyl (C=O) groups excluding carboxylic acids is 1. The van der Waals surface area contributed by atoms with Crippen LogP contribution in [0.5, 0.6) is 34.5 Å². The molecule has 2 N–H and O–H groups in total. The summed E-state index contributed by atoms with van der Waals surface area (Å²) >= 11 is 0. The minimum Gasteiger partial charge on any atom is -0.507 e. The zero-order chi connectivity index (χ0) is 37.7. The molecule has 7 nitrogen and oxygen atoms in total. The second-order valence-corrected chi connectivity index (χ2v) is 14.4. The number of carbonyl (C=O) groups is 1. The van der Waals surface area contributed by atoms with E-state index in [9.17, 15) is 15.0 Å². The van der Waals surface area contributed by atoms with Crippen molar-refractivity contribution in [1.29, 1.82) is 0 Å². The predicted octanol–water partition coefficient (Wildman–Crippen LogP) is 13.3. The summed E-state index contributed by atoms with van der Waals surface area (Å²) in [5.74, 6) is -0.165. The standard InChI is InChI=1S/C45H74O7/c1-5-9-13-17-21-27-33-49-42-39(40(47)37-31-25-26-32-38(37)46)41(48)43(50-34-28-22-18-14-10-6-2)45(52-36-30-24-20-16-12-8-4)44(42)51-35-29-23-19-15-11-7-3/h25-26,31-32,46,48H,5-24,27-30,33-36H2,1-4H3. The monoisotopic (exact) mass is 727 g/mol. The van der Waals surface area contributed by atoms with Crippen LogP contribution in [0.3, 0.4) is 0 Å². The number of rotatable bonds is 34. The van der Waals surface area contributed by atoms with Crippen LogP contribution in [0.15, 0.2) is 24.3 Å². The minimum atomic E-state index is -0.551. The third kappa shape index (κ3) is 17.2. The highest BCUT2D eigenvalue weighted by Crippen LogP contribution is 2.54. The lowest BCUT2D eigenvalue weighted by atomic mass is 9.98. The number of para-hydroxylation sites is 1. The summed E-state index contributed by atoms with van der Waals surface area (Å²) in [6, 6.07) is 6.41. The van der Waals surface area contributed by atoms with Crippen LogP contribution in [0, 0.1) is 0 Å². The minimum absolute atomic E-state index is 0.0599. The van der Waals surface area contributed by atoms with Crippen molar-refractivity contribution in [1.82, 2.24) is 0 Å². The molecule has 7 heteroatoms. The van der Waals surface area contributed by atoms with Crippen molar-refractivity contribution in [3.8, 4) is 34.5 Å². The smallest absolute Gasteiger partial charge is 0.211 e. The third-order valence-electron chi connectivity index (χ3n) is 9.65. The Morgan fingerprint density at radius 2 is 0.769 bits per heavy atom. The van der Waals surface area contributed by atoms with Crippen molar-refractivity contribution in [3.63, 3.8) is 0 Å². The largest absolute Gasteiger partial charge is 0.507 e. The van der Waals surface area contributed by atoms with Gasteiger partial charge < -0.3 is 29.2 Å². The molecule has 296 valence electrons. The molecule has 0 bridgehead atoms. The van der Waals surface area contributed by atoms with Gasteiger partial charge in [0.2, 0.25) is 23.0 Å². The van der Waals surface area contributed by atoms with Gasteiger partial charge in [0, 0.05) is 0 Å². The summed E-state index contributed by atoms with van der Waals surface area (Å²) in [6.45, 7) is 10.4. The molecule has 0 fully saturated rings. The van der Waals surface area contributed by atoms with Gasteiger partial charge in [-0.25, -0.2) is 0 Å². The fraction of sp³-hybridized carbons (Fsp3) is 0.711. The lowest BCUT2D eigenvalue weighted by Gasteiger charge is -2.24. The first kappa shape index (κ1) is 45.1. The molecule has 0 aliphatic heterocycles. The third-order valence-corrected chi connectivity index (χ3v) is 9.65. The molecule has 2 aromatic rings. The lowest BCUT2D eigenvalue weighted by Crippen LogP contribution is -2.13. The van der Waals surface area contributed by atoms with Crippen molar-refractivity contribution >= 4 is 5.78 Å². The number of hydrogen-bond donors (Lipinski definition) is 2. The summed E-state index contributed by atoms with van der Waals surface area (Å²) in [5.41, 5.74) is 0.0157. The molecule has 0 aromatic heterocycles. The number of unbranched alkanes of at least 4 members (excludes halogenated alkanes) is 20. The highest BCUT2D eigenvalue weighted by Gasteiger charge is 2.34. The predicted molar refractivity (Wildman–Crippen MR) is 215 cm³/mol. The van der Waals surface area contributed by atoms with Gasteiger partial charge in [0.05, 0.1) is 32.0 Å². The molecular formula is C45H74O7. The molecule has 0 amide bonds. The molecule has 0 unspecified atom stereocenters. The van der Waals surface area contributed by atoms with Gasteiger partial charge in [-0.1, -0.05) is 168 Å². The second-order valence-electron chi connectivity index (χ2n) is 14.4. The van der Waals surface area contributed by atoms with Crippen LogP contribution in [-0.4, -0.2) is 42.4 Å². The van der Waals surface area contributed by atoms with E-state index in [2.05, 4.69) is 27.7 Å². The summed E-state index contributed by atoms with van der Waals surface area (Å²) < 4.78 is 25.9. The maximum Gasteiger partial charge on any atom is 0.211 e. The first-order valence-corrected chi connectivity index (χ1v) is 21.3. The lowest BCUT2D eigenvalue weighted by molar-refractivity contribution is 0.102. The van der Waals surface area contributed by atoms with E-state index in [1.54, 1.807) is 18.2 Å². The Hall–Kier alpha value is -3.09. The topological polar surface area (TPSA) is 94.5 Å². The van der Waals surface area contributed by atoms with Crippen LogP contribution in [0.25, 0.3) is 0 Å². The van der Waals surface area contributed by atoms with E-state index in [1.807, 2.05) is 0 Å². The molecule has 0 aliphatic carbocycles. The molecule has 0 saturated heterocycles. The number of phenolic OH excluding ortho intramolecular Hbond substituents is 2. The molecule has 0 aliphatic rings. The molecule has 0 radical (unpaired) electrons. The Balaban J connectivity index is 2.56. The average molecular weight is 727 g/mol. The zero-order valence-electron chi connectivity index (χ0n) is 33.5. The number of benzene rings is 2. The molecule has 0 spiro atoms. The van der Waals surface area contributed by atoms with Crippen molar-refractivity contribution in [2.45, 2.75) is 182 Å². The molecular weight excluding hydrogens is 652 g/mol. The molecule has 0 heterocycles. The van der Waals surface area contributed by atoms with Gasteiger partial charge in [-0.05, 0) is 37.8 Å². The van der Waals surface area contributed by atoms with Crippen LogP contribution in [0.1, 0.15) is 198 Å². The van der Waals surface area contributed by atoms with Gasteiger partial charge in [-0.2, -0.15) is 0 Å². The van der Waals surface area contributed by atoms with E-state index < -0.39 is 5.78 Å². The van der Waals surface area contributed by atoms with Crippen molar-refractivity contribution in [2.75, 3.05) is 26.4 Å². The first-order chi connectivity index (χ1) is 25.5. The van der Waals surface area contributed by atoms with Crippen LogP contribution in [0.4, 0.5) is 0 Å². The number of ether oxygens (including phenoxy) is 4. The van der Waals surface area contributed by atoms with Gasteiger partial charge >= 0.3 is 0 Å². The number of ketones is 1. The maximum absolute atomic E-state index is 14.3. The number of aromatic hydroxyl groups is 2. The Bertz CT molecular complexity index is 1210. The highest BCUT2D eigenvalue weighted by molar-refractivity contribution is 6.15. The van der Waals surface area contributed by atoms with E-state index in [0.717, 1.165) is 77.0 Å². The summed E-state index contributed by atoms with van der Waals surface area (Å²) in [5, 5.41) is 22.8. The average Bonchev–Trinajstić information content (AvgIpc) is 3.14. The molecule has 2 aromatic carbocycles. The van der Waals surface area contributed by atoms with E-state index in [-0.39, 0.29) is 34.1 Å². The van der Waals surface area contributed by atoms with Crippen LogP contribution in [-0.2, 0) is 0 Å². The van der Waals surface area contributed by atoms with Crippen molar-refractivity contribution in [2.24, 2.45) is 0 Å². The van der Waals surface area contributed by atoms with Crippen LogP contribution >= 0.6 is 0 Å². The molecule has 0 saturated carbocycles. The quantitative estimate of drug-likeness (QED) is 0.0547. The number of hydrogen-bond acceptors (Lipinski definition) is 7. The van der Waals surface area contributed by atoms with E-state index in [0.29, 0.717) is 37.9 Å². The van der Waals surface area contributed by atoms with Crippen molar-refractivity contribution < 1.29 is 34.0 Å². The van der Waals surface area contributed by atoms with Crippen LogP contribution < -0.4 is 18.9 Å². The van der Waals surface area contributed by atoms with Crippen LogP contribution in [0.2, 0.25) is 0 Å². The Morgan fingerprint density at radius 1 is 0.442 bits per heavy atom. The Morgan fingerprint density at radius 3 is 1.17 bits per heavy atom. The molecule has 52 heavy (non-hydrogen) atoms. The number of phenols is 2. The maximum atomic E-state index is 14.3. The Labute approximate surface area is 317 Å². The molecule has 2 rings (SSSR count). The SMILES string of the molecule is CCCCCCCCOc1c(O)c(C(=O)c2ccccc2O)c(OCCCCCCCC)c(OCCCCCCCC)c1OCCCCCCCC. The van der Waals surface area contributed by atoms with Gasteiger partial charge in [0.1, 0.15) is 11.3 Å². The normalized spacial score (nSPS) is 11.2.